The number of hydrogen-bond donors (Lipinski definition) is 5. The minimum atomic E-state index is -0.690. The van der Waals surface area contributed by atoms with Gasteiger partial charge in [0.25, 0.3) is 0 Å². The number of likely N-dealkylation sites (tertiary alicyclic amines) is 1. The quantitative estimate of drug-likeness (QED) is 0.0695. The van der Waals surface area contributed by atoms with Gasteiger partial charge in [-0.1, -0.05) is 74.5 Å². The van der Waals surface area contributed by atoms with Crippen molar-refractivity contribution in [2.24, 2.45) is 5.92 Å². The molecule has 1 saturated heterocycles. The number of imidazole rings is 2. The first-order chi connectivity index (χ1) is 29.2. The normalized spacial score (nSPS) is 15.2. The summed E-state index contributed by atoms with van der Waals surface area (Å²) in [5.41, 5.74) is 7.48. The third kappa shape index (κ3) is 8.44. The number of fused-ring (bicyclic) bond motifs is 4. The van der Waals surface area contributed by atoms with Gasteiger partial charge in [0.05, 0.1) is 47.3 Å². The molecule has 0 spiro atoms. The molecule has 1 aliphatic rings. The lowest BCUT2D eigenvalue weighted by atomic mass is 10.0. The minimum Gasteiger partial charge on any atom is -0.453 e. The number of amides is 3. The average molecular weight is 806 g/mol. The van der Waals surface area contributed by atoms with Crippen molar-refractivity contribution in [3.63, 3.8) is 0 Å². The highest BCUT2D eigenvalue weighted by Gasteiger charge is 2.37. The number of aromatic nitrogens is 5. The lowest BCUT2D eigenvalue weighted by Crippen LogP contribution is -2.51. The summed E-state index contributed by atoms with van der Waals surface area (Å²) in [5, 5.41) is 12.0. The SMILES string of the molecule is CNC(C(=O)NCCCCc1ncc(-c2ccc3nc(-c4ccc5c(ccc6[nH]c(C7CCCN7C(=O)C(NC(=O)OC)C(C)C)nc65)c4)ccc3c2)[nH]1)c1ccccc1. The molecule has 8 rings (SSSR count). The Morgan fingerprint density at radius 3 is 2.50 bits per heavy atom. The van der Waals surface area contributed by atoms with E-state index in [0.717, 1.165) is 105 Å². The highest BCUT2D eigenvalue weighted by molar-refractivity contribution is 6.05. The number of rotatable bonds is 14. The van der Waals surface area contributed by atoms with E-state index in [1.54, 1.807) is 7.05 Å². The molecule has 0 saturated carbocycles. The van der Waals surface area contributed by atoms with E-state index in [1.165, 1.54) is 7.11 Å². The second kappa shape index (κ2) is 17.7. The first-order valence-electron chi connectivity index (χ1n) is 20.7. The van der Waals surface area contributed by atoms with Crippen molar-refractivity contribution < 1.29 is 19.1 Å². The number of aromatic amines is 2. The molecule has 0 radical (unpaired) electrons. The van der Waals surface area contributed by atoms with Crippen LogP contribution in [0.15, 0.2) is 97.2 Å². The van der Waals surface area contributed by atoms with Crippen molar-refractivity contribution in [3.05, 3.63) is 114 Å². The van der Waals surface area contributed by atoms with E-state index in [0.29, 0.717) is 13.1 Å². The number of likely N-dealkylation sites (N-methyl/N-ethyl adjacent to an activating group) is 1. The molecule has 60 heavy (non-hydrogen) atoms. The Kier molecular flexibility index (Phi) is 11.9. The van der Waals surface area contributed by atoms with Gasteiger partial charge < -0.3 is 35.6 Å². The number of unbranched alkanes of at least 4 members (excludes halogenated alkanes) is 1. The summed E-state index contributed by atoms with van der Waals surface area (Å²) in [5.74, 6) is 1.40. The number of alkyl carbamates (subject to hydrolysis) is 1. The largest absolute Gasteiger partial charge is 0.453 e. The Bertz CT molecular complexity index is 2650. The topological polar surface area (TPSA) is 170 Å². The third-order valence-corrected chi connectivity index (χ3v) is 11.5. The van der Waals surface area contributed by atoms with E-state index in [1.807, 2.05) is 67.4 Å². The van der Waals surface area contributed by atoms with Crippen LogP contribution in [-0.2, 0) is 20.7 Å². The number of carbonyl (C=O) groups excluding carboxylic acids is 3. The van der Waals surface area contributed by atoms with E-state index < -0.39 is 12.1 Å². The van der Waals surface area contributed by atoms with Crippen LogP contribution >= 0.6 is 0 Å². The Morgan fingerprint density at radius 1 is 0.900 bits per heavy atom. The van der Waals surface area contributed by atoms with Crippen molar-refractivity contribution in [1.82, 2.24) is 45.8 Å². The maximum atomic E-state index is 13.7. The molecule has 308 valence electrons. The maximum absolute atomic E-state index is 13.7. The summed E-state index contributed by atoms with van der Waals surface area (Å²) in [6.07, 6.45) is 5.43. The van der Waals surface area contributed by atoms with Gasteiger partial charge in [-0.2, -0.15) is 0 Å². The van der Waals surface area contributed by atoms with Crippen molar-refractivity contribution in [2.45, 2.75) is 64.1 Å². The number of H-pyrrole nitrogens is 2. The zero-order valence-electron chi connectivity index (χ0n) is 34.4. The zero-order chi connectivity index (χ0) is 41.8. The van der Waals surface area contributed by atoms with Gasteiger partial charge in [0, 0.05) is 41.4 Å². The van der Waals surface area contributed by atoms with Crippen LogP contribution in [0.5, 0.6) is 0 Å². The van der Waals surface area contributed by atoms with E-state index in [-0.39, 0.29) is 29.8 Å². The number of nitrogens with zero attached hydrogens (tertiary/aromatic N) is 4. The Morgan fingerprint density at radius 2 is 1.70 bits per heavy atom. The van der Waals surface area contributed by atoms with Gasteiger partial charge >= 0.3 is 6.09 Å². The number of benzene rings is 4. The zero-order valence-corrected chi connectivity index (χ0v) is 34.4. The van der Waals surface area contributed by atoms with Gasteiger partial charge in [-0.05, 0) is 79.9 Å². The Hall–Kier alpha value is -6.60. The number of nitrogens with one attached hydrogen (secondary N) is 5. The summed E-state index contributed by atoms with van der Waals surface area (Å²) in [4.78, 5) is 62.0. The lowest BCUT2D eigenvalue weighted by Gasteiger charge is -2.29. The van der Waals surface area contributed by atoms with Crippen LogP contribution in [0.2, 0.25) is 0 Å². The number of pyridine rings is 1. The number of aryl methyl sites for hydroxylation is 1. The number of hydrogen-bond acceptors (Lipinski definition) is 8. The van der Waals surface area contributed by atoms with Gasteiger partial charge in [-0.3, -0.25) is 9.59 Å². The predicted octanol–water partition coefficient (Wildman–Crippen LogP) is 7.77. The molecule has 3 aromatic heterocycles. The summed E-state index contributed by atoms with van der Waals surface area (Å²) in [6, 6.07) is 29.3. The first-order valence-corrected chi connectivity index (χ1v) is 20.7. The fourth-order valence-corrected chi connectivity index (χ4v) is 8.25. The minimum absolute atomic E-state index is 0.0255. The highest BCUT2D eigenvalue weighted by atomic mass is 16.5. The molecule has 4 heterocycles. The Balaban J connectivity index is 0.913. The molecule has 5 N–H and O–H groups in total. The smallest absolute Gasteiger partial charge is 0.407 e. The summed E-state index contributed by atoms with van der Waals surface area (Å²) in [6.45, 7) is 5.03. The molecule has 3 amide bonds. The van der Waals surface area contributed by atoms with Gasteiger partial charge in [-0.25, -0.2) is 19.7 Å². The molecule has 1 fully saturated rings. The number of methoxy groups -OCH3 is 1. The lowest BCUT2D eigenvalue weighted by molar-refractivity contribution is -0.135. The molecule has 3 atom stereocenters. The van der Waals surface area contributed by atoms with Crippen LogP contribution in [0.25, 0.3) is 55.2 Å². The predicted molar refractivity (Wildman–Crippen MR) is 234 cm³/mol. The molecular formula is C47H51N9O4. The number of ether oxygens (including phenoxy) is 1. The van der Waals surface area contributed by atoms with Crippen molar-refractivity contribution in [2.75, 3.05) is 27.2 Å². The summed E-state index contributed by atoms with van der Waals surface area (Å²) < 4.78 is 4.79. The molecule has 4 aromatic carbocycles. The number of carbonyl (C=O) groups is 3. The molecule has 1 aliphatic heterocycles. The van der Waals surface area contributed by atoms with E-state index in [2.05, 4.69) is 79.4 Å². The second-order valence-corrected chi connectivity index (χ2v) is 15.8. The van der Waals surface area contributed by atoms with Gasteiger partial charge in [0.2, 0.25) is 11.8 Å². The highest BCUT2D eigenvalue weighted by Crippen LogP contribution is 2.35. The van der Waals surface area contributed by atoms with Crippen LogP contribution in [0.1, 0.15) is 68.8 Å². The van der Waals surface area contributed by atoms with E-state index >= 15 is 0 Å². The monoisotopic (exact) mass is 805 g/mol. The molecule has 0 aliphatic carbocycles. The van der Waals surface area contributed by atoms with E-state index in [4.69, 9.17) is 14.7 Å². The van der Waals surface area contributed by atoms with Crippen molar-refractivity contribution in [3.8, 4) is 22.5 Å². The van der Waals surface area contributed by atoms with Gasteiger partial charge in [-0.15, -0.1) is 0 Å². The van der Waals surface area contributed by atoms with Crippen LogP contribution < -0.4 is 16.0 Å². The summed E-state index contributed by atoms with van der Waals surface area (Å²) >= 11 is 0. The molecule has 13 nitrogen and oxygen atoms in total. The van der Waals surface area contributed by atoms with Crippen LogP contribution in [-0.4, -0.2) is 81.0 Å². The van der Waals surface area contributed by atoms with Crippen LogP contribution in [0.4, 0.5) is 4.79 Å². The fourth-order valence-electron chi connectivity index (χ4n) is 8.25. The Labute approximate surface area is 348 Å². The van der Waals surface area contributed by atoms with Crippen molar-refractivity contribution >= 4 is 50.6 Å². The van der Waals surface area contributed by atoms with Gasteiger partial charge in [0.15, 0.2) is 0 Å². The van der Waals surface area contributed by atoms with Crippen LogP contribution in [0, 0.1) is 5.92 Å². The fraction of sp³-hybridized carbons (Fsp3) is 0.319. The van der Waals surface area contributed by atoms with Gasteiger partial charge in [0.1, 0.15) is 23.7 Å². The molecular weight excluding hydrogens is 755 g/mol. The molecule has 13 heteroatoms. The molecule has 0 bridgehead atoms. The van der Waals surface area contributed by atoms with Crippen LogP contribution in [0.3, 0.4) is 0 Å². The van der Waals surface area contributed by atoms with E-state index in [9.17, 15) is 14.4 Å². The standard InChI is InChI=1S/C47H51N9O4/c1-28(2)41(55-47(59)60-4)46(58)56-24-10-13-39(56)44-53-37-22-16-30-25-31(15-19-34(30)43(37)54-44)35-20-17-32-26-33(18-21-36(32)51-35)38-27-50-40(52-38)14-8-9-23-49-45(57)42(48-3)29-11-6-5-7-12-29/h5-7,11-12,15-22,25-28,39,41-42,48H,8-10,13-14,23-24H2,1-4H3,(H,49,57)(H,50,52)(H,53,54)(H,55,59). The maximum Gasteiger partial charge on any atom is 0.407 e. The second-order valence-electron chi connectivity index (χ2n) is 15.8. The first kappa shape index (κ1) is 40.2. The summed E-state index contributed by atoms with van der Waals surface area (Å²) in [7, 11) is 3.10. The third-order valence-electron chi connectivity index (χ3n) is 11.5. The molecule has 3 unspecified atom stereocenters. The average Bonchev–Trinajstić information content (AvgIpc) is 4.06. The van der Waals surface area contributed by atoms with Crippen molar-refractivity contribution in [1.29, 1.82) is 0 Å². The molecule has 7 aromatic rings.